The van der Waals surface area contributed by atoms with Crippen LogP contribution < -0.4 is 5.32 Å². The maximum atomic E-state index is 5.61. The quantitative estimate of drug-likeness (QED) is 0.776. The minimum Gasteiger partial charge on any atom is -0.381 e. The molecule has 0 aromatic heterocycles. The molecule has 1 aliphatic heterocycles. The van der Waals surface area contributed by atoms with E-state index in [1.807, 2.05) is 0 Å². The summed E-state index contributed by atoms with van der Waals surface area (Å²) in [6, 6.07) is 0.629. The van der Waals surface area contributed by atoms with E-state index in [0.29, 0.717) is 11.5 Å². The van der Waals surface area contributed by atoms with Gasteiger partial charge in [0.05, 0.1) is 0 Å². The highest BCUT2D eigenvalue weighted by Gasteiger charge is 2.35. The first-order chi connectivity index (χ1) is 9.28. The summed E-state index contributed by atoms with van der Waals surface area (Å²) in [5.41, 5.74) is 0.573. The lowest BCUT2D eigenvalue weighted by atomic mass is 9.78. The predicted octanol–water partition coefficient (Wildman–Crippen LogP) is 3.29. The SMILES string of the molecule is CCCN(CC1(CNC(C)(C)C)CCOCC1)C(C)C. The van der Waals surface area contributed by atoms with Gasteiger partial charge in [0.1, 0.15) is 0 Å². The molecule has 1 aliphatic rings. The standard InChI is InChI=1S/C17H36N2O/c1-7-10-19(15(2)3)14-17(8-11-20-12-9-17)13-18-16(4,5)6/h15,18H,7-14H2,1-6H3. The molecule has 0 radical (unpaired) electrons. The number of nitrogens with zero attached hydrogens (tertiary/aromatic N) is 1. The third-order valence-electron chi connectivity index (χ3n) is 4.33. The van der Waals surface area contributed by atoms with Crippen LogP contribution in [0.2, 0.25) is 0 Å². The zero-order valence-corrected chi connectivity index (χ0v) is 14.6. The summed E-state index contributed by atoms with van der Waals surface area (Å²) in [5, 5.41) is 3.74. The highest BCUT2D eigenvalue weighted by Crippen LogP contribution is 2.32. The Morgan fingerprint density at radius 1 is 1.20 bits per heavy atom. The van der Waals surface area contributed by atoms with Crippen LogP contribution in [0.5, 0.6) is 0 Å². The van der Waals surface area contributed by atoms with E-state index in [1.54, 1.807) is 0 Å². The van der Waals surface area contributed by atoms with E-state index in [1.165, 1.54) is 32.4 Å². The van der Waals surface area contributed by atoms with E-state index in [0.717, 1.165) is 19.8 Å². The molecule has 0 atom stereocenters. The molecule has 1 fully saturated rings. The molecule has 0 aromatic rings. The summed E-state index contributed by atoms with van der Waals surface area (Å²) in [6.45, 7) is 19.0. The maximum Gasteiger partial charge on any atom is 0.0472 e. The van der Waals surface area contributed by atoms with E-state index in [4.69, 9.17) is 4.74 Å². The zero-order valence-electron chi connectivity index (χ0n) is 14.6. The first kappa shape index (κ1) is 17.9. The van der Waals surface area contributed by atoms with Crippen LogP contribution in [0.3, 0.4) is 0 Å². The normalized spacial score (nSPS) is 19.8. The number of rotatable bonds is 7. The second kappa shape index (κ2) is 7.77. The molecule has 1 saturated heterocycles. The van der Waals surface area contributed by atoms with Crippen molar-refractivity contribution >= 4 is 0 Å². The van der Waals surface area contributed by atoms with Crippen molar-refractivity contribution in [2.75, 3.05) is 32.8 Å². The van der Waals surface area contributed by atoms with Gasteiger partial charge in [-0.1, -0.05) is 6.92 Å². The van der Waals surface area contributed by atoms with Crippen LogP contribution in [0.15, 0.2) is 0 Å². The Kier molecular flexibility index (Phi) is 6.96. The van der Waals surface area contributed by atoms with Crippen LogP contribution >= 0.6 is 0 Å². The Morgan fingerprint density at radius 3 is 2.25 bits per heavy atom. The Labute approximate surface area is 126 Å². The van der Waals surface area contributed by atoms with E-state index >= 15 is 0 Å². The molecule has 1 rings (SSSR count). The van der Waals surface area contributed by atoms with Crippen molar-refractivity contribution in [1.82, 2.24) is 10.2 Å². The smallest absolute Gasteiger partial charge is 0.0472 e. The zero-order chi connectivity index (χ0) is 15.2. The molecule has 3 heteroatoms. The Bertz CT molecular complexity index is 265. The molecule has 1 N–H and O–H groups in total. The monoisotopic (exact) mass is 284 g/mol. The van der Waals surface area contributed by atoms with E-state index < -0.39 is 0 Å². The summed E-state index contributed by atoms with van der Waals surface area (Å²) in [4.78, 5) is 2.65. The molecule has 20 heavy (non-hydrogen) atoms. The van der Waals surface area contributed by atoms with Crippen LogP contribution in [-0.2, 0) is 4.74 Å². The van der Waals surface area contributed by atoms with Crippen LogP contribution in [-0.4, -0.2) is 49.3 Å². The van der Waals surface area contributed by atoms with Gasteiger partial charge in [-0.25, -0.2) is 0 Å². The molecule has 1 heterocycles. The maximum absolute atomic E-state index is 5.61. The Hall–Kier alpha value is -0.120. The van der Waals surface area contributed by atoms with Crippen LogP contribution in [0, 0.1) is 5.41 Å². The Balaban J connectivity index is 2.71. The molecule has 0 aromatic carbocycles. The lowest BCUT2D eigenvalue weighted by Crippen LogP contribution is -2.52. The minimum absolute atomic E-state index is 0.193. The highest BCUT2D eigenvalue weighted by atomic mass is 16.5. The fraction of sp³-hybridized carbons (Fsp3) is 1.00. The summed E-state index contributed by atoms with van der Waals surface area (Å²) in [7, 11) is 0. The number of ether oxygens (including phenoxy) is 1. The van der Waals surface area contributed by atoms with Crippen molar-refractivity contribution in [3.8, 4) is 0 Å². The van der Waals surface area contributed by atoms with E-state index in [9.17, 15) is 0 Å². The van der Waals surface area contributed by atoms with E-state index in [-0.39, 0.29) is 5.54 Å². The molecular weight excluding hydrogens is 248 g/mol. The second-order valence-corrected chi connectivity index (χ2v) is 7.78. The first-order valence-electron chi connectivity index (χ1n) is 8.35. The van der Waals surface area contributed by atoms with Gasteiger partial charge in [-0.2, -0.15) is 0 Å². The molecule has 120 valence electrons. The average molecular weight is 284 g/mol. The van der Waals surface area contributed by atoms with Gasteiger partial charge in [-0.05, 0) is 65.8 Å². The predicted molar refractivity (Wildman–Crippen MR) is 87.2 cm³/mol. The van der Waals surface area contributed by atoms with Gasteiger partial charge in [-0.15, -0.1) is 0 Å². The van der Waals surface area contributed by atoms with Crippen LogP contribution in [0.4, 0.5) is 0 Å². The van der Waals surface area contributed by atoms with Gasteiger partial charge in [0.2, 0.25) is 0 Å². The van der Waals surface area contributed by atoms with Gasteiger partial charge >= 0.3 is 0 Å². The lowest BCUT2D eigenvalue weighted by Gasteiger charge is -2.44. The van der Waals surface area contributed by atoms with E-state index in [2.05, 4.69) is 51.8 Å². The van der Waals surface area contributed by atoms with Crippen molar-refractivity contribution in [2.45, 2.75) is 72.4 Å². The number of hydrogen-bond donors (Lipinski definition) is 1. The first-order valence-corrected chi connectivity index (χ1v) is 8.35. The van der Waals surface area contributed by atoms with Gasteiger partial charge < -0.3 is 15.0 Å². The van der Waals surface area contributed by atoms with Crippen molar-refractivity contribution in [2.24, 2.45) is 5.41 Å². The van der Waals surface area contributed by atoms with Gasteiger partial charge in [0.15, 0.2) is 0 Å². The average Bonchev–Trinajstić information content (AvgIpc) is 2.36. The van der Waals surface area contributed by atoms with Crippen LogP contribution in [0.25, 0.3) is 0 Å². The molecule has 0 saturated carbocycles. The fourth-order valence-electron chi connectivity index (χ4n) is 2.89. The molecule has 0 spiro atoms. The molecule has 0 amide bonds. The number of nitrogens with one attached hydrogen (secondary N) is 1. The van der Waals surface area contributed by atoms with Gasteiger partial charge in [0, 0.05) is 37.9 Å². The minimum atomic E-state index is 0.193. The summed E-state index contributed by atoms with van der Waals surface area (Å²) in [5.74, 6) is 0. The lowest BCUT2D eigenvalue weighted by molar-refractivity contribution is -0.0121. The topological polar surface area (TPSA) is 24.5 Å². The third kappa shape index (κ3) is 6.11. The molecule has 0 unspecified atom stereocenters. The largest absolute Gasteiger partial charge is 0.381 e. The van der Waals surface area contributed by atoms with Crippen LogP contribution in [0.1, 0.15) is 60.8 Å². The van der Waals surface area contributed by atoms with Crippen molar-refractivity contribution in [1.29, 1.82) is 0 Å². The van der Waals surface area contributed by atoms with Crippen molar-refractivity contribution in [3.63, 3.8) is 0 Å². The van der Waals surface area contributed by atoms with Gasteiger partial charge in [-0.3, -0.25) is 0 Å². The Morgan fingerprint density at radius 2 is 1.80 bits per heavy atom. The molecular formula is C17H36N2O. The second-order valence-electron chi connectivity index (χ2n) is 7.78. The third-order valence-corrected chi connectivity index (χ3v) is 4.33. The fourth-order valence-corrected chi connectivity index (χ4v) is 2.89. The van der Waals surface area contributed by atoms with Crippen molar-refractivity contribution < 1.29 is 4.74 Å². The number of hydrogen-bond acceptors (Lipinski definition) is 3. The molecule has 3 nitrogen and oxygen atoms in total. The summed E-state index contributed by atoms with van der Waals surface area (Å²) < 4.78 is 5.61. The van der Waals surface area contributed by atoms with Crippen molar-refractivity contribution in [3.05, 3.63) is 0 Å². The molecule has 0 bridgehead atoms. The summed E-state index contributed by atoms with van der Waals surface area (Å²) >= 11 is 0. The summed E-state index contributed by atoms with van der Waals surface area (Å²) in [6.07, 6.45) is 3.60. The van der Waals surface area contributed by atoms with Gasteiger partial charge in [0.25, 0.3) is 0 Å². The highest BCUT2D eigenvalue weighted by molar-refractivity contribution is 4.90. The molecule has 0 aliphatic carbocycles.